The van der Waals surface area contributed by atoms with E-state index in [2.05, 4.69) is 6.08 Å². The Morgan fingerprint density at radius 2 is 2.11 bits per heavy atom. The molecular formula is C13H16O5S. The van der Waals surface area contributed by atoms with Gasteiger partial charge in [0.2, 0.25) is 0 Å². The van der Waals surface area contributed by atoms with E-state index in [0.717, 1.165) is 6.26 Å². The summed E-state index contributed by atoms with van der Waals surface area (Å²) in [6, 6.07) is 0. The van der Waals surface area contributed by atoms with Crippen LogP contribution in [0.15, 0.2) is 23.8 Å². The third-order valence-corrected chi connectivity index (χ3v) is 4.90. The van der Waals surface area contributed by atoms with Crippen molar-refractivity contribution in [3.05, 3.63) is 23.8 Å². The minimum atomic E-state index is -3.48. The number of carbonyl (C=O) groups excluding carboxylic acids is 1. The van der Waals surface area contributed by atoms with Gasteiger partial charge in [-0.15, -0.1) is 0 Å². The number of rotatable bonds is 3. The van der Waals surface area contributed by atoms with E-state index in [1.54, 1.807) is 0 Å². The zero-order valence-electron chi connectivity index (χ0n) is 10.8. The van der Waals surface area contributed by atoms with E-state index in [4.69, 9.17) is 8.92 Å². The molecule has 3 aliphatic rings. The molecule has 0 saturated heterocycles. The Labute approximate surface area is 112 Å². The molecule has 0 aromatic rings. The smallest absolute Gasteiger partial charge is 0.334 e. The molecule has 0 radical (unpaired) electrons. The number of methoxy groups -OCH3 is 1. The van der Waals surface area contributed by atoms with Crippen LogP contribution in [0.5, 0.6) is 0 Å². The summed E-state index contributed by atoms with van der Waals surface area (Å²) in [6.07, 6.45) is 7.35. The molecule has 0 bridgehead atoms. The van der Waals surface area contributed by atoms with E-state index < -0.39 is 10.1 Å². The van der Waals surface area contributed by atoms with Crippen molar-refractivity contribution in [2.75, 3.05) is 13.4 Å². The molecule has 0 aromatic heterocycles. The van der Waals surface area contributed by atoms with E-state index in [1.165, 1.54) is 7.11 Å². The first-order valence-corrected chi connectivity index (χ1v) is 8.09. The second-order valence-corrected chi connectivity index (χ2v) is 7.02. The summed E-state index contributed by atoms with van der Waals surface area (Å²) in [7, 11) is -2.12. The predicted octanol–water partition coefficient (Wildman–Crippen LogP) is 0.882. The standard InChI is InChI=1S/C13H16O5S/c1-17-13(14)9-6-10-11(18-19(2,15)16)5-7-3-4-8(9)12(7)10/h3-4,6-8,10-12H,5H2,1-2H3/t7-,8+,10+,11+,12-/m0/s1. The molecule has 0 amide bonds. The largest absolute Gasteiger partial charge is 0.466 e. The fourth-order valence-corrected chi connectivity index (χ4v) is 4.37. The van der Waals surface area contributed by atoms with E-state index >= 15 is 0 Å². The van der Waals surface area contributed by atoms with Crippen LogP contribution in [-0.4, -0.2) is 33.9 Å². The Bertz CT molecular complexity index is 574. The molecule has 0 unspecified atom stereocenters. The third-order valence-electron chi connectivity index (χ3n) is 4.30. The van der Waals surface area contributed by atoms with Gasteiger partial charge < -0.3 is 4.74 Å². The van der Waals surface area contributed by atoms with Gasteiger partial charge in [0.05, 0.1) is 19.5 Å². The van der Waals surface area contributed by atoms with Crippen molar-refractivity contribution in [3.63, 3.8) is 0 Å². The fraction of sp³-hybridized carbons (Fsp3) is 0.615. The molecule has 3 rings (SSSR count). The summed E-state index contributed by atoms with van der Waals surface area (Å²) in [5.41, 5.74) is 0.637. The number of hydrogen-bond acceptors (Lipinski definition) is 5. The van der Waals surface area contributed by atoms with Crippen molar-refractivity contribution in [1.82, 2.24) is 0 Å². The van der Waals surface area contributed by atoms with Gasteiger partial charge in [-0.1, -0.05) is 18.2 Å². The second kappa shape index (κ2) is 4.18. The van der Waals surface area contributed by atoms with Crippen molar-refractivity contribution >= 4 is 16.1 Å². The molecule has 0 heterocycles. The van der Waals surface area contributed by atoms with Gasteiger partial charge in [-0.3, -0.25) is 4.18 Å². The molecule has 0 spiro atoms. The molecule has 5 atom stereocenters. The Morgan fingerprint density at radius 1 is 1.37 bits per heavy atom. The average molecular weight is 284 g/mol. The number of esters is 1. The quantitative estimate of drug-likeness (QED) is 0.437. The molecule has 6 heteroatoms. The first kappa shape index (κ1) is 12.9. The molecule has 104 valence electrons. The summed E-state index contributed by atoms with van der Waals surface area (Å²) in [5, 5.41) is 0. The van der Waals surface area contributed by atoms with Gasteiger partial charge in [-0.25, -0.2) is 4.79 Å². The van der Waals surface area contributed by atoms with Crippen molar-refractivity contribution in [3.8, 4) is 0 Å². The summed E-state index contributed by atoms with van der Waals surface area (Å²) in [4.78, 5) is 11.7. The maximum absolute atomic E-state index is 11.7. The topological polar surface area (TPSA) is 69.7 Å². The number of carbonyl (C=O) groups is 1. The van der Waals surface area contributed by atoms with Crippen molar-refractivity contribution < 1.29 is 22.1 Å². The van der Waals surface area contributed by atoms with Crippen LogP contribution in [-0.2, 0) is 23.8 Å². The van der Waals surface area contributed by atoms with Crippen molar-refractivity contribution in [1.29, 1.82) is 0 Å². The molecular weight excluding hydrogens is 268 g/mol. The average Bonchev–Trinajstić information content (AvgIpc) is 2.93. The number of allylic oxidation sites excluding steroid dienone is 2. The first-order valence-electron chi connectivity index (χ1n) is 6.27. The molecule has 0 aliphatic heterocycles. The molecule has 0 aromatic carbocycles. The minimum absolute atomic E-state index is 0.0196. The summed E-state index contributed by atoms with van der Waals surface area (Å²) >= 11 is 0. The number of hydrogen-bond donors (Lipinski definition) is 0. The molecule has 1 saturated carbocycles. The van der Waals surface area contributed by atoms with Crippen LogP contribution in [0.2, 0.25) is 0 Å². The van der Waals surface area contributed by atoms with E-state index in [0.29, 0.717) is 17.9 Å². The highest BCUT2D eigenvalue weighted by Gasteiger charge is 2.54. The highest BCUT2D eigenvalue weighted by molar-refractivity contribution is 7.86. The predicted molar refractivity (Wildman–Crippen MR) is 67.5 cm³/mol. The summed E-state index contributed by atoms with van der Waals surface area (Å²) in [5.74, 6) is 0.244. The zero-order valence-corrected chi connectivity index (χ0v) is 11.6. The molecule has 0 N–H and O–H groups in total. The Hall–Kier alpha value is -1.14. The lowest BCUT2D eigenvalue weighted by molar-refractivity contribution is -0.136. The van der Waals surface area contributed by atoms with Gasteiger partial charge in [0, 0.05) is 17.4 Å². The molecule has 5 nitrogen and oxygen atoms in total. The van der Waals surface area contributed by atoms with Crippen LogP contribution in [0.4, 0.5) is 0 Å². The van der Waals surface area contributed by atoms with Crippen LogP contribution in [0.25, 0.3) is 0 Å². The van der Waals surface area contributed by atoms with Crippen LogP contribution in [0, 0.1) is 23.7 Å². The Kier molecular flexibility index (Phi) is 2.83. The second-order valence-electron chi connectivity index (χ2n) is 5.42. The lowest BCUT2D eigenvalue weighted by Gasteiger charge is -2.18. The SMILES string of the molecule is COC(=O)C1=C[C@H]2[C@@H]3[C@@H]1C=C[C@H]3C[C@H]2OS(C)(=O)=O. The van der Waals surface area contributed by atoms with Gasteiger partial charge in [0.25, 0.3) is 10.1 Å². The zero-order chi connectivity index (χ0) is 13.8. The van der Waals surface area contributed by atoms with Gasteiger partial charge in [-0.2, -0.15) is 8.42 Å². The Balaban J connectivity index is 1.90. The molecule has 1 fully saturated rings. The fourth-order valence-electron chi connectivity index (χ4n) is 3.72. The summed E-state index contributed by atoms with van der Waals surface area (Å²) in [6.45, 7) is 0. The minimum Gasteiger partial charge on any atom is -0.466 e. The van der Waals surface area contributed by atoms with Crippen molar-refractivity contribution in [2.45, 2.75) is 12.5 Å². The van der Waals surface area contributed by atoms with Gasteiger partial charge in [-0.05, 0) is 18.3 Å². The van der Waals surface area contributed by atoms with Crippen LogP contribution in [0.3, 0.4) is 0 Å². The monoisotopic (exact) mass is 284 g/mol. The van der Waals surface area contributed by atoms with E-state index in [9.17, 15) is 13.2 Å². The van der Waals surface area contributed by atoms with Gasteiger partial charge in [0.1, 0.15) is 0 Å². The van der Waals surface area contributed by atoms with Crippen molar-refractivity contribution in [2.24, 2.45) is 23.7 Å². The van der Waals surface area contributed by atoms with Crippen LogP contribution >= 0.6 is 0 Å². The summed E-state index contributed by atoms with van der Waals surface area (Å²) < 4.78 is 32.6. The molecule has 19 heavy (non-hydrogen) atoms. The highest BCUT2D eigenvalue weighted by atomic mass is 32.2. The maximum Gasteiger partial charge on any atom is 0.334 e. The van der Waals surface area contributed by atoms with Gasteiger partial charge >= 0.3 is 5.97 Å². The first-order chi connectivity index (χ1) is 8.90. The molecule has 3 aliphatic carbocycles. The number of ether oxygens (including phenoxy) is 1. The van der Waals surface area contributed by atoms with Crippen LogP contribution in [0.1, 0.15) is 6.42 Å². The Morgan fingerprint density at radius 3 is 2.74 bits per heavy atom. The van der Waals surface area contributed by atoms with Crippen LogP contribution < -0.4 is 0 Å². The highest BCUT2D eigenvalue weighted by Crippen LogP contribution is 2.55. The maximum atomic E-state index is 11.7. The van der Waals surface area contributed by atoms with E-state index in [1.807, 2.05) is 12.2 Å². The van der Waals surface area contributed by atoms with E-state index in [-0.39, 0.29) is 29.8 Å². The lowest BCUT2D eigenvalue weighted by Crippen LogP contribution is -2.22. The normalized spacial score (nSPS) is 39.3. The third kappa shape index (κ3) is 2.03. The van der Waals surface area contributed by atoms with Gasteiger partial charge in [0.15, 0.2) is 0 Å². The lowest BCUT2D eigenvalue weighted by atomic mass is 9.88.